The number of nitrogens with one attached hydrogen (secondary N) is 3. The molecular formula is C26H32N4O9. The van der Waals surface area contributed by atoms with Crippen LogP contribution in [0.3, 0.4) is 0 Å². The van der Waals surface area contributed by atoms with Crippen molar-refractivity contribution >= 4 is 29.7 Å². The molecule has 0 saturated carbocycles. The molecule has 0 radical (unpaired) electrons. The number of hydrogen-bond acceptors (Lipinski definition) is 8. The van der Waals surface area contributed by atoms with Gasteiger partial charge in [0.15, 0.2) is 0 Å². The monoisotopic (exact) mass is 544 g/mol. The zero-order chi connectivity index (χ0) is 28.9. The molecule has 0 heterocycles. The number of aliphatic hydroxyl groups is 1. The van der Waals surface area contributed by atoms with Crippen LogP contribution in [0.15, 0.2) is 54.6 Å². The van der Waals surface area contributed by atoms with Crippen molar-refractivity contribution in [3.63, 3.8) is 0 Å². The molecule has 0 aliphatic carbocycles. The van der Waals surface area contributed by atoms with Crippen molar-refractivity contribution in [3.8, 4) is 5.75 Å². The first-order valence-corrected chi connectivity index (χ1v) is 12.0. The molecule has 0 spiro atoms. The maximum Gasteiger partial charge on any atom is 0.326 e. The van der Waals surface area contributed by atoms with Crippen molar-refractivity contribution < 1.29 is 44.4 Å². The lowest BCUT2D eigenvalue weighted by molar-refractivity contribution is -0.142. The summed E-state index contributed by atoms with van der Waals surface area (Å²) in [7, 11) is 0. The van der Waals surface area contributed by atoms with Gasteiger partial charge in [0.2, 0.25) is 17.7 Å². The highest BCUT2D eigenvalue weighted by atomic mass is 16.4. The van der Waals surface area contributed by atoms with Gasteiger partial charge < -0.3 is 42.1 Å². The van der Waals surface area contributed by atoms with Gasteiger partial charge in [0, 0.05) is 19.3 Å². The fraction of sp³-hybridized carbons (Fsp3) is 0.346. The number of carbonyl (C=O) groups excluding carboxylic acids is 3. The van der Waals surface area contributed by atoms with E-state index < -0.39 is 60.4 Å². The molecule has 2 rings (SSSR count). The first-order chi connectivity index (χ1) is 18.5. The molecule has 0 fully saturated rings. The number of nitrogens with two attached hydrogens (primary N) is 1. The Morgan fingerprint density at radius 1 is 0.718 bits per heavy atom. The summed E-state index contributed by atoms with van der Waals surface area (Å²) in [5.74, 6) is -5.15. The topological polar surface area (TPSA) is 228 Å². The minimum Gasteiger partial charge on any atom is -0.508 e. The lowest BCUT2D eigenvalue weighted by Gasteiger charge is -2.24. The molecule has 39 heavy (non-hydrogen) atoms. The summed E-state index contributed by atoms with van der Waals surface area (Å²) in [4.78, 5) is 60.9. The van der Waals surface area contributed by atoms with E-state index in [2.05, 4.69) is 16.0 Å². The van der Waals surface area contributed by atoms with Gasteiger partial charge in [-0.25, -0.2) is 4.79 Å². The lowest BCUT2D eigenvalue weighted by atomic mass is 10.0. The number of aliphatic hydroxyl groups excluding tert-OH is 1. The van der Waals surface area contributed by atoms with Gasteiger partial charge in [-0.3, -0.25) is 19.2 Å². The van der Waals surface area contributed by atoms with Crippen LogP contribution in [-0.4, -0.2) is 80.9 Å². The van der Waals surface area contributed by atoms with E-state index in [1.807, 2.05) is 0 Å². The molecule has 2 aromatic rings. The number of hydrogen-bond donors (Lipinski definition) is 8. The molecular weight excluding hydrogens is 512 g/mol. The van der Waals surface area contributed by atoms with Crippen molar-refractivity contribution in [2.75, 3.05) is 6.61 Å². The Bertz CT molecular complexity index is 1140. The lowest BCUT2D eigenvalue weighted by Crippen LogP contribution is -2.58. The number of phenolic OH excluding ortho intramolecular Hbond substituents is 1. The van der Waals surface area contributed by atoms with Gasteiger partial charge in [-0.05, 0) is 29.7 Å². The molecule has 0 aliphatic heterocycles. The SMILES string of the molecule is NC(CCC(=O)O)C(=O)NC(Cc1ccc(O)cc1)C(=O)NC(CO)C(=O)NC(Cc1ccccc1)C(=O)O. The molecule has 4 atom stereocenters. The van der Waals surface area contributed by atoms with Gasteiger partial charge in [0.25, 0.3) is 0 Å². The number of rotatable bonds is 15. The fourth-order valence-corrected chi connectivity index (χ4v) is 3.55. The zero-order valence-electron chi connectivity index (χ0n) is 20.9. The third-order valence-electron chi connectivity index (χ3n) is 5.73. The number of benzene rings is 2. The summed E-state index contributed by atoms with van der Waals surface area (Å²) in [5, 5.41) is 44.7. The van der Waals surface area contributed by atoms with Crippen LogP contribution in [0.25, 0.3) is 0 Å². The van der Waals surface area contributed by atoms with E-state index in [0.717, 1.165) is 0 Å². The highest BCUT2D eigenvalue weighted by Gasteiger charge is 2.30. The summed E-state index contributed by atoms with van der Waals surface area (Å²) in [6.45, 7) is -0.868. The van der Waals surface area contributed by atoms with Crippen molar-refractivity contribution in [1.82, 2.24) is 16.0 Å². The predicted molar refractivity (Wildman–Crippen MR) is 137 cm³/mol. The number of carboxylic acid groups (broad SMARTS) is 2. The molecule has 0 aliphatic rings. The molecule has 3 amide bonds. The number of carboxylic acids is 2. The van der Waals surface area contributed by atoms with E-state index >= 15 is 0 Å². The largest absolute Gasteiger partial charge is 0.508 e. The average Bonchev–Trinajstić information content (AvgIpc) is 2.90. The molecule has 0 saturated heterocycles. The third kappa shape index (κ3) is 10.4. The standard InChI is InChI=1S/C26H32N4O9/c27-18(10-11-22(33)34)23(35)28-19(12-16-6-8-17(32)9-7-16)24(36)30-21(14-31)25(37)29-20(26(38)39)13-15-4-2-1-3-5-15/h1-9,18-21,31-32H,10-14,27H2,(H,28,35)(H,29,37)(H,30,36)(H,33,34)(H,38,39). The molecule has 210 valence electrons. The van der Waals surface area contributed by atoms with E-state index in [0.29, 0.717) is 11.1 Å². The molecule has 2 aromatic carbocycles. The highest BCUT2D eigenvalue weighted by Crippen LogP contribution is 2.12. The van der Waals surface area contributed by atoms with E-state index in [1.165, 1.54) is 24.3 Å². The Morgan fingerprint density at radius 2 is 1.23 bits per heavy atom. The van der Waals surface area contributed by atoms with Crippen LogP contribution in [0.1, 0.15) is 24.0 Å². The second-order valence-corrected chi connectivity index (χ2v) is 8.80. The average molecular weight is 545 g/mol. The van der Waals surface area contributed by atoms with Gasteiger partial charge >= 0.3 is 11.9 Å². The van der Waals surface area contributed by atoms with Crippen molar-refractivity contribution in [1.29, 1.82) is 0 Å². The van der Waals surface area contributed by atoms with Crippen LogP contribution in [0, 0.1) is 0 Å². The Balaban J connectivity index is 2.14. The minimum atomic E-state index is -1.55. The van der Waals surface area contributed by atoms with Crippen LogP contribution in [0.5, 0.6) is 5.75 Å². The second kappa shape index (κ2) is 15.1. The smallest absolute Gasteiger partial charge is 0.326 e. The van der Waals surface area contributed by atoms with Crippen molar-refractivity contribution in [2.45, 2.75) is 49.9 Å². The minimum absolute atomic E-state index is 0.0278. The fourth-order valence-electron chi connectivity index (χ4n) is 3.55. The Hall–Kier alpha value is -4.49. The normalized spacial score (nSPS) is 13.8. The summed E-state index contributed by atoms with van der Waals surface area (Å²) in [6.07, 6.45) is -0.699. The van der Waals surface area contributed by atoms with Gasteiger partial charge in [-0.15, -0.1) is 0 Å². The molecule has 13 nitrogen and oxygen atoms in total. The van der Waals surface area contributed by atoms with Crippen LogP contribution in [0.2, 0.25) is 0 Å². The zero-order valence-corrected chi connectivity index (χ0v) is 20.9. The predicted octanol–water partition coefficient (Wildman–Crippen LogP) is -1.10. The first-order valence-electron chi connectivity index (χ1n) is 12.0. The summed E-state index contributed by atoms with van der Waals surface area (Å²) in [5.41, 5.74) is 6.91. The van der Waals surface area contributed by atoms with Gasteiger partial charge in [0.05, 0.1) is 12.6 Å². The summed E-state index contributed by atoms with van der Waals surface area (Å²) >= 11 is 0. The van der Waals surface area contributed by atoms with Gasteiger partial charge in [-0.1, -0.05) is 42.5 Å². The maximum absolute atomic E-state index is 13.1. The molecule has 0 bridgehead atoms. The molecule has 0 aromatic heterocycles. The quantitative estimate of drug-likeness (QED) is 0.135. The first kappa shape index (κ1) is 30.7. The van der Waals surface area contributed by atoms with Crippen LogP contribution in [-0.2, 0) is 36.8 Å². The van der Waals surface area contributed by atoms with E-state index in [-0.39, 0.29) is 31.4 Å². The van der Waals surface area contributed by atoms with Crippen molar-refractivity contribution in [2.24, 2.45) is 5.73 Å². The third-order valence-corrected chi connectivity index (χ3v) is 5.73. The Kier molecular flexibility index (Phi) is 11.9. The molecule has 13 heteroatoms. The van der Waals surface area contributed by atoms with Crippen molar-refractivity contribution in [3.05, 3.63) is 65.7 Å². The number of amides is 3. The van der Waals surface area contributed by atoms with Gasteiger partial charge in [-0.2, -0.15) is 0 Å². The Labute approximate surface area is 224 Å². The summed E-state index contributed by atoms with van der Waals surface area (Å²) in [6, 6.07) is 8.86. The number of carbonyl (C=O) groups is 5. The van der Waals surface area contributed by atoms with E-state index in [9.17, 15) is 39.3 Å². The van der Waals surface area contributed by atoms with Gasteiger partial charge in [0.1, 0.15) is 23.9 Å². The van der Waals surface area contributed by atoms with E-state index in [4.69, 9.17) is 10.8 Å². The maximum atomic E-state index is 13.1. The number of aromatic hydroxyl groups is 1. The molecule has 4 unspecified atom stereocenters. The Morgan fingerprint density at radius 3 is 1.79 bits per heavy atom. The highest BCUT2D eigenvalue weighted by molar-refractivity contribution is 5.94. The molecule has 9 N–H and O–H groups in total. The summed E-state index contributed by atoms with van der Waals surface area (Å²) < 4.78 is 0. The van der Waals surface area contributed by atoms with Crippen LogP contribution >= 0.6 is 0 Å². The second-order valence-electron chi connectivity index (χ2n) is 8.80. The van der Waals surface area contributed by atoms with Crippen LogP contribution in [0.4, 0.5) is 0 Å². The van der Waals surface area contributed by atoms with Crippen LogP contribution < -0.4 is 21.7 Å². The number of aliphatic carboxylic acids is 2. The van der Waals surface area contributed by atoms with E-state index in [1.54, 1.807) is 30.3 Å². The number of phenols is 1.